The van der Waals surface area contributed by atoms with Gasteiger partial charge in [0.2, 0.25) is 5.91 Å². The van der Waals surface area contributed by atoms with Crippen LogP contribution in [0.5, 0.6) is 0 Å². The van der Waals surface area contributed by atoms with Crippen molar-refractivity contribution in [2.24, 2.45) is 0 Å². The second-order valence-electron chi connectivity index (χ2n) is 9.80. The fourth-order valence-electron chi connectivity index (χ4n) is 4.57. The third kappa shape index (κ3) is 11.0. The van der Waals surface area contributed by atoms with Gasteiger partial charge >= 0.3 is 35.8 Å². The number of nitrogens with one attached hydrogen (secondary N) is 1. The predicted octanol–water partition coefficient (Wildman–Crippen LogP) is -0.426. The lowest BCUT2D eigenvalue weighted by Crippen LogP contribution is -2.69. The molecule has 2 rings (SSSR count). The normalized spacial score (nSPS) is 31.5. The zero-order valence-corrected chi connectivity index (χ0v) is 26.7. The van der Waals surface area contributed by atoms with E-state index in [0.29, 0.717) is 0 Å². The Balaban J connectivity index is 2.66. The molecule has 2 aliphatic heterocycles. The number of esters is 6. The number of ether oxygens (including phenoxy) is 9. The van der Waals surface area contributed by atoms with Gasteiger partial charge in [-0.25, -0.2) is 0 Å². The van der Waals surface area contributed by atoms with Crippen LogP contribution in [0.3, 0.4) is 0 Å². The molecule has 0 aromatic rings. The first-order valence-corrected chi connectivity index (χ1v) is 14.2. The van der Waals surface area contributed by atoms with Gasteiger partial charge in [-0.1, -0.05) is 15.9 Å². The number of alkyl halides is 1. The molecule has 18 heteroatoms. The van der Waals surface area contributed by atoms with Gasteiger partial charge < -0.3 is 47.9 Å². The molecule has 0 aliphatic carbocycles. The Morgan fingerprint density at radius 3 is 1.41 bits per heavy atom. The van der Waals surface area contributed by atoms with Crippen LogP contribution in [0, 0.1) is 0 Å². The van der Waals surface area contributed by atoms with E-state index in [1.54, 1.807) is 0 Å². The Labute approximate surface area is 260 Å². The molecule has 17 nitrogen and oxygen atoms in total. The molecule has 4 unspecified atom stereocenters. The Kier molecular flexibility index (Phi) is 13.9. The third-order valence-electron chi connectivity index (χ3n) is 5.99. The fourth-order valence-corrected chi connectivity index (χ4v) is 5.25. The lowest BCUT2D eigenvalue weighted by atomic mass is 9.95. The van der Waals surface area contributed by atoms with Gasteiger partial charge in [0.1, 0.15) is 37.6 Å². The molecule has 0 radical (unpaired) electrons. The number of carbonyl (C=O) groups is 7. The van der Waals surface area contributed by atoms with Crippen molar-refractivity contribution >= 4 is 57.7 Å². The van der Waals surface area contributed by atoms with E-state index in [1.165, 1.54) is 0 Å². The topological polar surface area (TPSA) is 215 Å². The highest BCUT2D eigenvalue weighted by Gasteiger charge is 2.56. The van der Waals surface area contributed by atoms with Gasteiger partial charge in [0.15, 0.2) is 35.7 Å². The molecule has 0 bridgehead atoms. The fraction of sp³-hybridized carbons (Fsp3) is 0.731. The van der Waals surface area contributed by atoms with Crippen LogP contribution in [0.2, 0.25) is 0 Å². The van der Waals surface area contributed by atoms with E-state index in [4.69, 9.17) is 42.6 Å². The van der Waals surface area contributed by atoms with E-state index < -0.39 is 115 Å². The highest BCUT2D eigenvalue weighted by atomic mass is 79.9. The summed E-state index contributed by atoms with van der Waals surface area (Å²) in [6, 6.07) is -1.39. The summed E-state index contributed by atoms with van der Waals surface area (Å²) in [4.78, 5) is 84.0. The van der Waals surface area contributed by atoms with Crippen molar-refractivity contribution in [1.29, 1.82) is 0 Å². The minimum absolute atomic E-state index is 0.414. The second-order valence-corrected chi connectivity index (χ2v) is 10.7. The minimum Gasteiger partial charge on any atom is -0.463 e. The maximum Gasteiger partial charge on any atom is 0.303 e. The van der Waals surface area contributed by atoms with Crippen molar-refractivity contribution < 1.29 is 76.2 Å². The number of hydrogen-bond donors (Lipinski definition) is 1. The summed E-state index contributed by atoms with van der Waals surface area (Å²) < 4.78 is 50.0. The quantitative estimate of drug-likeness (QED) is 0.165. The first-order valence-electron chi connectivity index (χ1n) is 13.3. The van der Waals surface area contributed by atoms with Crippen molar-refractivity contribution in [3.63, 3.8) is 0 Å². The Bertz CT molecular complexity index is 1100. The molecule has 10 atom stereocenters. The van der Waals surface area contributed by atoms with Gasteiger partial charge in [0.05, 0.1) is 0 Å². The van der Waals surface area contributed by atoms with E-state index in [-0.39, 0.29) is 0 Å². The smallest absolute Gasteiger partial charge is 0.303 e. The number of hydrogen-bond acceptors (Lipinski definition) is 16. The SMILES string of the molecule is CC(=O)NC1[C@H](O[C@@H]2C(OC(C)=O)[C@H](Br)OC(COC(C)=O)[C@@H]2OC(C)=O)OC(COC(C)=O)[C@H](OC(C)=O)[C@@H]1OC(C)=O. The van der Waals surface area contributed by atoms with E-state index in [0.717, 1.165) is 48.5 Å². The number of amides is 1. The van der Waals surface area contributed by atoms with Crippen LogP contribution in [-0.2, 0) is 76.2 Å². The summed E-state index contributed by atoms with van der Waals surface area (Å²) in [5, 5.41) is 1.44. The maximum absolute atomic E-state index is 12.3. The molecule has 0 aromatic heterocycles. The van der Waals surface area contributed by atoms with Crippen molar-refractivity contribution in [1.82, 2.24) is 5.32 Å². The molecule has 0 aromatic carbocycles. The first kappa shape index (κ1) is 36.8. The minimum atomic E-state index is -1.62. The van der Waals surface area contributed by atoms with Gasteiger partial charge in [-0.3, -0.25) is 33.6 Å². The molecular weight excluding hydrogens is 662 g/mol. The van der Waals surface area contributed by atoms with Crippen molar-refractivity contribution in [2.45, 2.75) is 109 Å². The number of rotatable bonds is 11. The van der Waals surface area contributed by atoms with Crippen LogP contribution >= 0.6 is 15.9 Å². The van der Waals surface area contributed by atoms with Gasteiger partial charge in [-0.2, -0.15) is 0 Å². The van der Waals surface area contributed by atoms with Gasteiger partial charge in [0, 0.05) is 48.5 Å². The second kappa shape index (κ2) is 16.6. The molecule has 2 fully saturated rings. The summed E-state index contributed by atoms with van der Waals surface area (Å²) in [5.74, 6) is -5.26. The monoisotopic (exact) mass is 697 g/mol. The standard InChI is InChI=1S/C26H36BrNO16/c1-10(29)28-19-22(40-15(6)34)20(38-13(4)32)18(9-37-12(3)31)43-26(19)44-23-21(39-14(5)33)17(8-36-11(2)30)42-25(27)24(23)41-16(7)35/h17-26H,8-9H2,1-7H3,(H,28,29)/t17?,18?,19?,20-,21-,22+,23-,24?,25+,26-/m0/s1. The van der Waals surface area contributed by atoms with Crippen LogP contribution in [0.15, 0.2) is 0 Å². The Morgan fingerprint density at radius 2 is 0.977 bits per heavy atom. The van der Waals surface area contributed by atoms with E-state index in [9.17, 15) is 33.6 Å². The summed E-state index contributed by atoms with van der Waals surface area (Å²) >= 11 is 3.26. The Morgan fingerprint density at radius 1 is 0.568 bits per heavy atom. The van der Waals surface area contributed by atoms with E-state index >= 15 is 0 Å². The van der Waals surface area contributed by atoms with Gasteiger partial charge in [0.25, 0.3) is 0 Å². The van der Waals surface area contributed by atoms with Crippen LogP contribution in [0.4, 0.5) is 0 Å². The largest absolute Gasteiger partial charge is 0.463 e. The molecule has 2 heterocycles. The van der Waals surface area contributed by atoms with Gasteiger partial charge in [-0.05, 0) is 0 Å². The summed E-state index contributed by atoms with van der Waals surface area (Å²) in [6.45, 7) is 6.84. The number of carbonyl (C=O) groups excluding carboxylic acids is 7. The van der Waals surface area contributed by atoms with Gasteiger partial charge in [-0.15, -0.1) is 0 Å². The summed E-state index contributed by atoms with van der Waals surface area (Å²) in [7, 11) is 0. The molecular formula is C26H36BrNO16. The third-order valence-corrected chi connectivity index (χ3v) is 6.73. The van der Waals surface area contributed by atoms with Crippen LogP contribution in [0.25, 0.3) is 0 Å². The molecule has 0 saturated carbocycles. The lowest BCUT2D eigenvalue weighted by Gasteiger charge is -2.48. The predicted molar refractivity (Wildman–Crippen MR) is 144 cm³/mol. The summed E-state index contributed by atoms with van der Waals surface area (Å²) in [6.07, 6.45) is -11.2. The molecule has 1 amide bonds. The van der Waals surface area contributed by atoms with Crippen molar-refractivity contribution in [3.8, 4) is 0 Å². The summed E-state index contributed by atoms with van der Waals surface area (Å²) in [5.41, 5.74) is 0. The van der Waals surface area contributed by atoms with E-state index in [1.807, 2.05) is 0 Å². The van der Waals surface area contributed by atoms with Crippen molar-refractivity contribution in [2.75, 3.05) is 13.2 Å². The molecule has 0 spiro atoms. The molecule has 1 N–H and O–H groups in total. The van der Waals surface area contributed by atoms with Crippen LogP contribution in [0.1, 0.15) is 48.5 Å². The average molecular weight is 698 g/mol. The molecule has 44 heavy (non-hydrogen) atoms. The number of halogens is 1. The lowest BCUT2D eigenvalue weighted by molar-refractivity contribution is -0.319. The molecule has 2 aliphatic rings. The van der Waals surface area contributed by atoms with Crippen LogP contribution in [-0.4, -0.2) is 115 Å². The molecule has 2 saturated heterocycles. The Hall–Kier alpha value is -3.35. The average Bonchev–Trinajstić information content (AvgIpc) is 2.87. The zero-order chi connectivity index (χ0) is 33.3. The first-order chi connectivity index (χ1) is 20.5. The van der Waals surface area contributed by atoms with Crippen molar-refractivity contribution in [3.05, 3.63) is 0 Å². The highest BCUT2D eigenvalue weighted by molar-refractivity contribution is 9.09. The van der Waals surface area contributed by atoms with Crippen LogP contribution < -0.4 is 5.32 Å². The van der Waals surface area contributed by atoms with E-state index in [2.05, 4.69) is 21.2 Å². The maximum atomic E-state index is 12.3. The highest BCUT2D eigenvalue weighted by Crippen LogP contribution is 2.35. The molecule has 248 valence electrons. The zero-order valence-electron chi connectivity index (χ0n) is 25.1.